The number of carbonyl (C=O) groups is 1. The largest absolute Gasteiger partial charge is 0.345 e. The number of aryl methyl sites for hydroxylation is 1. The first kappa shape index (κ1) is 18.6. The third-order valence-electron chi connectivity index (χ3n) is 4.93. The molecule has 1 N–H and O–H groups in total. The Morgan fingerprint density at radius 2 is 1.66 bits per heavy atom. The van der Waals surface area contributed by atoms with Gasteiger partial charge in [0.2, 0.25) is 0 Å². The molecular formula is C24H22N4O. The molecule has 0 radical (unpaired) electrons. The fourth-order valence-electron chi connectivity index (χ4n) is 3.30. The summed E-state index contributed by atoms with van der Waals surface area (Å²) in [7, 11) is 0. The van der Waals surface area contributed by atoms with Crippen LogP contribution in [0.1, 0.15) is 34.5 Å². The zero-order valence-corrected chi connectivity index (χ0v) is 16.4. The second-order valence-corrected chi connectivity index (χ2v) is 6.96. The van der Waals surface area contributed by atoms with E-state index in [0.29, 0.717) is 11.3 Å². The van der Waals surface area contributed by atoms with Crippen LogP contribution in [0, 0.1) is 6.92 Å². The Hall–Kier alpha value is -3.73. The van der Waals surface area contributed by atoms with Gasteiger partial charge in [-0.2, -0.15) is 5.10 Å². The maximum atomic E-state index is 13.2. The molecule has 0 saturated carbocycles. The van der Waals surface area contributed by atoms with Crippen LogP contribution < -0.4 is 5.32 Å². The van der Waals surface area contributed by atoms with E-state index in [1.54, 1.807) is 23.3 Å². The highest BCUT2D eigenvalue weighted by Crippen LogP contribution is 2.27. The van der Waals surface area contributed by atoms with E-state index >= 15 is 0 Å². The summed E-state index contributed by atoms with van der Waals surface area (Å²) in [6, 6.07) is 21.4. The highest BCUT2D eigenvalue weighted by atomic mass is 16.1. The molecule has 0 spiro atoms. The number of nitrogens with zero attached hydrogens (tertiary/aromatic N) is 3. The van der Waals surface area contributed by atoms with Gasteiger partial charge < -0.3 is 5.32 Å². The van der Waals surface area contributed by atoms with Crippen molar-refractivity contribution in [3.05, 3.63) is 102 Å². The molecule has 2 heterocycles. The van der Waals surface area contributed by atoms with Crippen LogP contribution in [-0.2, 0) is 0 Å². The van der Waals surface area contributed by atoms with E-state index in [2.05, 4.69) is 10.3 Å². The molecule has 1 amide bonds. The number of rotatable bonds is 5. The Morgan fingerprint density at radius 3 is 2.38 bits per heavy atom. The van der Waals surface area contributed by atoms with Gasteiger partial charge in [-0.25, -0.2) is 4.68 Å². The minimum absolute atomic E-state index is 0.143. The summed E-state index contributed by atoms with van der Waals surface area (Å²) in [5, 5.41) is 7.85. The SMILES string of the molecule is Cc1ccccc1-c1nn(-c2ccccc2)cc1C(=O)NC(C)c1ccncc1. The van der Waals surface area contributed by atoms with E-state index in [1.807, 2.05) is 80.6 Å². The van der Waals surface area contributed by atoms with Gasteiger partial charge in [0.25, 0.3) is 5.91 Å². The number of amides is 1. The predicted octanol–water partition coefficient (Wildman–Crippen LogP) is 4.73. The summed E-state index contributed by atoms with van der Waals surface area (Å²) < 4.78 is 1.76. The van der Waals surface area contributed by atoms with Crippen LogP contribution >= 0.6 is 0 Å². The molecule has 2 aromatic carbocycles. The van der Waals surface area contributed by atoms with Gasteiger partial charge in [-0.3, -0.25) is 9.78 Å². The molecular weight excluding hydrogens is 360 g/mol. The van der Waals surface area contributed by atoms with Gasteiger partial charge in [0.1, 0.15) is 5.69 Å². The van der Waals surface area contributed by atoms with Crippen LogP contribution in [0.25, 0.3) is 16.9 Å². The highest BCUT2D eigenvalue weighted by Gasteiger charge is 2.21. The van der Waals surface area contributed by atoms with Gasteiger partial charge in [0.15, 0.2) is 0 Å². The lowest BCUT2D eigenvalue weighted by atomic mass is 10.0. The predicted molar refractivity (Wildman–Crippen MR) is 114 cm³/mol. The topological polar surface area (TPSA) is 59.8 Å². The average Bonchev–Trinajstić information content (AvgIpc) is 3.21. The number of aromatic nitrogens is 3. The van der Waals surface area contributed by atoms with Gasteiger partial charge >= 0.3 is 0 Å². The number of pyridine rings is 1. The van der Waals surface area contributed by atoms with Gasteiger partial charge in [-0.05, 0) is 49.2 Å². The summed E-state index contributed by atoms with van der Waals surface area (Å²) in [6.07, 6.45) is 5.25. The van der Waals surface area contributed by atoms with Gasteiger partial charge in [0.05, 0.1) is 17.3 Å². The number of carbonyl (C=O) groups excluding carboxylic acids is 1. The van der Waals surface area contributed by atoms with Crippen LogP contribution in [0.4, 0.5) is 0 Å². The normalized spacial score (nSPS) is 11.8. The number of benzene rings is 2. The molecule has 4 rings (SSSR count). The summed E-state index contributed by atoms with van der Waals surface area (Å²) in [6.45, 7) is 3.99. The molecule has 0 aliphatic carbocycles. The second kappa shape index (κ2) is 8.10. The van der Waals surface area contributed by atoms with Gasteiger partial charge in [-0.1, -0.05) is 42.5 Å². The Bertz CT molecular complexity index is 1120. The van der Waals surface area contributed by atoms with E-state index in [1.165, 1.54) is 0 Å². The molecule has 1 atom stereocenters. The molecule has 144 valence electrons. The van der Waals surface area contributed by atoms with Crippen molar-refractivity contribution in [3.63, 3.8) is 0 Å². The quantitative estimate of drug-likeness (QED) is 0.543. The van der Waals surface area contributed by atoms with Crippen molar-refractivity contribution in [2.45, 2.75) is 19.9 Å². The van der Waals surface area contributed by atoms with Crippen LogP contribution in [-0.4, -0.2) is 20.7 Å². The van der Waals surface area contributed by atoms with E-state index in [9.17, 15) is 4.79 Å². The first-order chi connectivity index (χ1) is 14.1. The minimum atomic E-state index is -0.158. The molecule has 5 heteroatoms. The number of para-hydroxylation sites is 1. The van der Waals surface area contributed by atoms with Crippen molar-refractivity contribution in [1.29, 1.82) is 0 Å². The summed E-state index contributed by atoms with van der Waals surface area (Å²) in [5.74, 6) is -0.158. The lowest BCUT2D eigenvalue weighted by molar-refractivity contribution is 0.0940. The Balaban J connectivity index is 1.74. The molecule has 2 aromatic heterocycles. The van der Waals surface area contributed by atoms with Crippen molar-refractivity contribution in [2.75, 3.05) is 0 Å². The molecule has 0 aliphatic heterocycles. The molecule has 0 saturated heterocycles. The standard InChI is InChI=1S/C24H22N4O/c1-17-8-6-7-11-21(17)23-22(16-28(27-23)20-9-4-3-5-10-20)24(29)26-18(2)19-12-14-25-15-13-19/h3-16,18H,1-2H3,(H,26,29). The maximum Gasteiger partial charge on any atom is 0.255 e. The van der Waals surface area contributed by atoms with Crippen molar-refractivity contribution < 1.29 is 4.79 Å². The molecule has 5 nitrogen and oxygen atoms in total. The van der Waals surface area contributed by atoms with Crippen LogP contribution in [0.2, 0.25) is 0 Å². The molecule has 4 aromatic rings. The van der Waals surface area contributed by atoms with Crippen LogP contribution in [0.5, 0.6) is 0 Å². The molecule has 0 bridgehead atoms. The Kier molecular flexibility index (Phi) is 5.20. The number of hydrogen-bond acceptors (Lipinski definition) is 3. The van der Waals surface area contributed by atoms with Crippen molar-refractivity contribution in [3.8, 4) is 16.9 Å². The van der Waals surface area contributed by atoms with E-state index in [-0.39, 0.29) is 11.9 Å². The summed E-state index contributed by atoms with van der Waals surface area (Å²) in [5.41, 5.74) is 5.14. The van der Waals surface area contributed by atoms with E-state index in [0.717, 1.165) is 22.4 Å². The lowest BCUT2D eigenvalue weighted by Crippen LogP contribution is -2.26. The fourth-order valence-corrected chi connectivity index (χ4v) is 3.30. The van der Waals surface area contributed by atoms with E-state index in [4.69, 9.17) is 5.10 Å². The third-order valence-corrected chi connectivity index (χ3v) is 4.93. The lowest BCUT2D eigenvalue weighted by Gasteiger charge is -2.14. The van der Waals surface area contributed by atoms with Crippen LogP contribution in [0.15, 0.2) is 85.3 Å². The minimum Gasteiger partial charge on any atom is -0.345 e. The second-order valence-electron chi connectivity index (χ2n) is 6.96. The van der Waals surface area contributed by atoms with Gasteiger partial charge in [0, 0.05) is 24.2 Å². The summed E-state index contributed by atoms with van der Waals surface area (Å²) >= 11 is 0. The van der Waals surface area contributed by atoms with E-state index < -0.39 is 0 Å². The fraction of sp³-hybridized carbons (Fsp3) is 0.125. The van der Waals surface area contributed by atoms with Crippen molar-refractivity contribution in [1.82, 2.24) is 20.1 Å². The molecule has 0 aliphatic rings. The maximum absolute atomic E-state index is 13.2. The summed E-state index contributed by atoms with van der Waals surface area (Å²) in [4.78, 5) is 17.2. The smallest absolute Gasteiger partial charge is 0.255 e. The van der Waals surface area contributed by atoms with Crippen LogP contribution in [0.3, 0.4) is 0 Å². The molecule has 0 fully saturated rings. The zero-order valence-electron chi connectivity index (χ0n) is 16.4. The monoisotopic (exact) mass is 382 g/mol. The first-order valence-electron chi connectivity index (χ1n) is 9.55. The Labute approximate surface area is 170 Å². The molecule has 29 heavy (non-hydrogen) atoms. The average molecular weight is 382 g/mol. The van der Waals surface area contributed by atoms with Gasteiger partial charge in [-0.15, -0.1) is 0 Å². The van der Waals surface area contributed by atoms with Crippen molar-refractivity contribution in [2.24, 2.45) is 0 Å². The zero-order chi connectivity index (χ0) is 20.2. The highest BCUT2D eigenvalue weighted by molar-refractivity contribution is 6.00. The third kappa shape index (κ3) is 3.94. The first-order valence-corrected chi connectivity index (χ1v) is 9.55. The Morgan fingerprint density at radius 1 is 0.966 bits per heavy atom. The van der Waals surface area contributed by atoms with Crippen molar-refractivity contribution >= 4 is 5.91 Å². The number of hydrogen-bond donors (Lipinski definition) is 1. The number of nitrogens with one attached hydrogen (secondary N) is 1. The molecule has 1 unspecified atom stereocenters.